The maximum atomic E-state index is 11.0. The quantitative estimate of drug-likeness (QED) is 0.769. The molecule has 6 nitrogen and oxygen atoms in total. The number of hydrogen-bond donors (Lipinski definition) is 2. The second-order valence-electron chi connectivity index (χ2n) is 5.08. The molecular weight excluding hydrogens is 296 g/mol. The van der Waals surface area contributed by atoms with Crippen molar-refractivity contribution in [1.29, 1.82) is 0 Å². The highest BCUT2D eigenvalue weighted by atomic mass is 16.5. The van der Waals surface area contributed by atoms with Crippen LogP contribution in [0.2, 0.25) is 0 Å². The molecule has 0 atom stereocenters. The molecule has 6 heteroatoms. The maximum Gasteiger partial charge on any atom is 0.335 e. The van der Waals surface area contributed by atoms with Crippen molar-refractivity contribution in [1.82, 2.24) is 10.1 Å². The number of aliphatic hydroxyl groups is 1. The second kappa shape index (κ2) is 6.02. The first-order valence-electron chi connectivity index (χ1n) is 6.96. The van der Waals surface area contributed by atoms with Crippen LogP contribution in [-0.4, -0.2) is 26.3 Å². The van der Waals surface area contributed by atoms with Crippen molar-refractivity contribution in [3.8, 4) is 22.5 Å². The standard InChI is InChI=1S/C17H14N2O4/c1-10-8-13(17(21)22)6-7-14(10)11-2-4-12(5-3-11)16-18-15(9-20)23-19-16/h2-8,20H,9H2,1H3,(H,21,22). The van der Waals surface area contributed by atoms with E-state index in [2.05, 4.69) is 10.1 Å². The number of benzene rings is 2. The minimum absolute atomic E-state index is 0.171. The summed E-state index contributed by atoms with van der Waals surface area (Å²) < 4.78 is 4.87. The van der Waals surface area contributed by atoms with E-state index < -0.39 is 5.97 Å². The van der Waals surface area contributed by atoms with Gasteiger partial charge in [0.25, 0.3) is 5.89 Å². The molecular formula is C17H14N2O4. The van der Waals surface area contributed by atoms with Crippen molar-refractivity contribution in [2.75, 3.05) is 0 Å². The first-order valence-corrected chi connectivity index (χ1v) is 6.96. The fourth-order valence-electron chi connectivity index (χ4n) is 2.36. The van der Waals surface area contributed by atoms with Crippen LogP contribution in [0.15, 0.2) is 47.0 Å². The fraction of sp³-hybridized carbons (Fsp3) is 0.118. The van der Waals surface area contributed by atoms with E-state index in [9.17, 15) is 4.79 Å². The van der Waals surface area contributed by atoms with Gasteiger partial charge in [-0.25, -0.2) is 4.79 Å². The molecule has 116 valence electrons. The summed E-state index contributed by atoms with van der Waals surface area (Å²) in [7, 11) is 0. The van der Waals surface area contributed by atoms with Crippen LogP contribution in [0.4, 0.5) is 0 Å². The number of rotatable bonds is 4. The Balaban J connectivity index is 1.91. The van der Waals surface area contributed by atoms with Crippen LogP contribution in [0.3, 0.4) is 0 Å². The summed E-state index contributed by atoms with van der Waals surface area (Å²) in [6.45, 7) is 1.59. The average molecular weight is 310 g/mol. The van der Waals surface area contributed by atoms with E-state index in [1.807, 2.05) is 31.2 Å². The molecule has 3 rings (SSSR count). The summed E-state index contributed by atoms with van der Waals surface area (Å²) in [5.41, 5.74) is 3.86. The van der Waals surface area contributed by atoms with Gasteiger partial charge in [-0.1, -0.05) is 35.5 Å². The minimum Gasteiger partial charge on any atom is -0.478 e. The van der Waals surface area contributed by atoms with E-state index in [-0.39, 0.29) is 18.1 Å². The number of aliphatic hydroxyl groups excluding tert-OH is 1. The molecule has 0 aliphatic rings. The lowest BCUT2D eigenvalue weighted by Gasteiger charge is -2.07. The molecule has 0 spiro atoms. The van der Waals surface area contributed by atoms with Crippen molar-refractivity contribution in [2.24, 2.45) is 0 Å². The second-order valence-corrected chi connectivity index (χ2v) is 5.08. The average Bonchev–Trinajstić information content (AvgIpc) is 3.04. The first-order chi connectivity index (χ1) is 11.1. The summed E-state index contributed by atoms with van der Waals surface area (Å²) in [6.07, 6.45) is 0. The predicted octanol–water partition coefficient (Wildman–Crippen LogP) is 2.90. The lowest BCUT2D eigenvalue weighted by Crippen LogP contribution is -1.97. The highest BCUT2D eigenvalue weighted by Gasteiger charge is 2.10. The molecule has 0 aliphatic heterocycles. The number of carboxylic acid groups (broad SMARTS) is 1. The third-order valence-corrected chi connectivity index (χ3v) is 3.53. The van der Waals surface area contributed by atoms with E-state index in [0.717, 1.165) is 22.3 Å². The van der Waals surface area contributed by atoms with E-state index in [1.54, 1.807) is 18.2 Å². The summed E-state index contributed by atoms with van der Waals surface area (Å²) in [5.74, 6) is -0.352. The number of carbonyl (C=O) groups is 1. The molecule has 23 heavy (non-hydrogen) atoms. The SMILES string of the molecule is Cc1cc(C(=O)O)ccc1-c1ccc(-c2noc(CO)n2)cc1. The highest BCUT2D eigenvalue weighted by Crippen LogP contribution is 2.26. The van der Waals surface area contributed by atoms with Crippen LogP contribution in [-0.2, 0) is 6.61 Å². The zero-order valence-corrected chi connectivity index (χ0v) is 12.4. The van der Waals surface area contributed by atoms with Gasteiger partial charge in [0.05, 0.1) is 5.56 Å². The van der Waals surface area contributed by atoms with Crippen molar-refractivity contribution < 1.29 is 19.5 Å². The van der Waals surface area contributed by atoms with Gasteiger partial charge in [-0.2, -0.15) is 4.98 Å². The molecule has 0 fully saturated rings. The molecule has 1 heterocycles. The first kappa shape index (κ1) is 14.9. The van der Waals surface area contributed by atoms with Crippen LogP contribution in [0.5, 0.6) is 0 Å². The van der Waals surface area contributed by atoms with E-state index in [1.165, 1.54) is 0 Å². The Morgan fingerprint density at radius 3 is 2.39 bits per heavy atom. The lowest BCUT2D eigenvalue weighted by molar-refractivity contribution is 0.0697. The molecule has 2 N–H and O–H groups in total. The van der Waals surface area contributed by atoms with Crippen LogP contribution >= 0.6 is 0 Å². The number of nitrogens with zero attached hydrogens (tertiary/aromatic N) is 2. The Hall–Kier alpha value is -2.99. The van der Waals surface area contributed by atoms with Gasteiger partial charge in [0.2, 0.25) is 5.82 Å². The van der Waals surface area contributed by atoms with Gasteiger partial charge in [0.15, 0.2) is 0 Å². The molecule has 0 radical (unpaired) electrons. The van der Waals surface area contributed by atoms with Gasteiger partial charge in [-0.3, -0.25) is 0 Å². The molecule has 0 saturated heterocycles. The van der Waals surface area contributed by atoms with Crippen LogP contribution < -0.4 is 0 Å². The molecule has 1 aromatic heterocycles. The minimum atomic E-state index is -0.938. The number of hydrogen-bond acceptors (Lipinski definition) is 5. The lowest BCUT2D eigenvalue weighted by atomic mass is 9.97. The molecule has 0 amide bonds. The molecule has 2 aromatic carbocycles. The molecule has 0 unspecified atom stereocenters. The Morgan fingerprint density at radius 2 is 1.83 bits per heavy atom. The van der Waals surface area contributed by atoms with Crippen LogP contribution in [0, 0.1) is 6.92 Å². The van der Waals surface area contributed by atoms with E-state index in [0.29, 0.717) is 5.82 Å². The highest BCUT2D eigenvalue weighted by molar-refractivity contribution is 5.89. The van der Waals surface area contributed by atoms with Gasteiger partial charge >= 0.3 is 5.97 Å². The van der Waals surface area contributed by atoms with Crippen molar-refractivity contribution in [3.05, 3.63) is 59.5 Å². The zero-order valence-electron chi connectivity index (χ0n) is 12.4. The van der Waals surface area contributed by atoms with Gasteiger partial charge in [-0.15, -0.1) is 0 Å². The van der Waals surface area contributed by atoms with Crippen molar-refractivity contribution >= 4 is 5.97 Å². The van der Waals surface area contributed by atoms with Crippen LogP contribution in [0.25, 0.3) is 22.5 Å². The molecule has 3 aromatic rings. The normalized spacial score (nSPS) is 10.7. The van der Waals surface area contributed by atoms with Gasteiger partial charge < -0.3 is 14.7 Å². The molecule has 0 aliphatic carbocycles. The summed E-state index contributed by atoms with van der Waals surface area (Å²) in [5, 5.41) is 21.8. The van der Waals surface area contributed by atoms with Gasteiger partial charge in [-0.05, 0) is 35.7 Å². The number of carboxylic acids is 1. The van der Waals surface area contributed by atoms with Gasteiger partial charge in [0.1, 0.15) is 6.61 Å². The smallest absolute Gasteiger partial charge is 0.335 e. The van der Waals surface area contributed by atoms with Gasteiger partial charge in [0, 0.05) is 5.56 Å². The Morgan fingerprint density at radius 1 is 1.13 bits per heavy atom. The molecule has 0 bridgehead atoms. The topological polar surface area (TPSA) is 96.5 Å². The Labute approximate surface area is 132 Å². The third-order valence-electron chi connectivity index (χ3n) is 3.53. The Kier molecular flexibility index (Phi) is 3.91. The Bertz CT molecular complexity index is 853. The van der Waals surface area contributed by atoms with Crippen LogP contribution in [0.1, 0.15) is 21.8 Å². The fourth-order valence-corrected chi connectivity index (χ4v) is 2.36. The van der Waals surface area contributed by atoms with E-state index in [4.69, 9.17) is 14.7 Å². The van der Waals surface area contributed by atoms with Crippen molar-refractivity contribution in [3.63, 3.8) is 0 Å². The predicted molar refractivity (Wildman–Crippen MR) is 82.8 cm³/mol. The number of aromatic nitrogens is 2. The maximum absolute atomic E-state index is 11.0. The summed E-state index contributed by atoms with van der Waals surface area (Å²) in [4.78, 5) is 15.0. The summed E-state index contributed by atoms with van der Waals surface area (Å²) in [6, 6.07) is 12.6. The number of aromatic carboxylic acids is 1. The van der Waals surface area contributed by atoms with Crippen molar-refractivity contribution in [2.45, 2.75) is 13.5 Å². The molecule has 0 saturated carbocycles. The monoisotopic (exact) mass is 310 g/mol. The largest absolute Gasteiger partial charge is 0.478 e. The number of aryl methyl sites for hydroxylation is 1. The zero-order chi connectivity index (χ0) is 16.4. The van der Waals surface area contributed by atoms with E-state index >= 15 is 0 Å². The summed E-state index contributed by atoms with van der Waals surface area (Å²) >= 11 is 0. The third kappa shape index (κ3) is 2.97.